The number of piperidine rings is 1. The summed E-state index contributed by atoms with van der Waals surface area (Å²) >= 11 is 0. The molecule has 1 rings (SSSR count). The molecule has 3 N–H and O–H groups in total. The summed E-state index contributed by atoms with van der Waals surface area (Å²) in [4.78, 5) is 10.8. The van der Waals surface area contributed by atoms with Gasteiger partial charge in [-0.1, -0.05) is 0 Å². The predicted octanol–water partition coefficient (Wildman–Crippen LogP) is -3.57. The monoisotopic (exact) mass is 214 g/mol. The Labute approximate surface area is 111 Å². The SMILES string of the molecule is [3H]NC(=O)[C-]1CCNCC1.[Rb+]. The van der Waals surface area contributed by atoms with Crippen molar-refractivity contribution in [2.45, 2.75) is 12.8 Å². The summed E-state index contributed by atoms with van der Waals surface area (Å²) < 4.78 is 6.60. The van der Waals surface area contributed by atoms with Crippen molar-refractivity contribution in [3.8, 4) is 0 Å². The minimum atomic E-state index is -0.221. The van der Waals surface area contributed by atoms with Crippen LogP contribution in [0, 0.1) is 5.92 Å². The minimum absolute atomic E-state index is 0. The molecule has 1 amide bonds. The first-order valence-electron chi connectivity index (χ1n) is 3.62. The molecule has 0 radical (unpaired) electrons. The number of carbonyl (C=O) groups excluding carboxylic acids is 1. The van der Waals surface area contributed by atoms with Crippen molar-refractivity contribution in [1.82, 2.24) is 5.32 Å². The van der Waals surface area contributed by atoms with Gasteiger partial charge in [0.15, 0.2) is 1.41 Å². The maximum Gasteiger partial charge on any atom is 1.00 e. The molecule has 0 aliphatic carbocycles. The van der Waals surface area contributed by atoms with Gasteiger partial charge in [0.1, 0.15) is 0 Å². The fourth-order valence-electron chi connectivity index (χ4n) is 0.956. The average Bonchev–Trinajstić information content (AvgIpc) is 2.05. The van der Waals surface area contributed by atoms with Crippen molar-refractivity contribution in [2.24, 2.45) is 5.73 Å². The van der Waals surface area contributed by atoms with Gasteiger partial charge < -0.3 is 15.8 Å². The Morgan fingerprint density at radius 3 is 2.70 bits per heavy atom. The third kappa shape index (κ3) is 3.48. The molecule has 0 spiro atoms. The number of hydrogen-bond donors (Lipinski definition) is 2. The van der Waals surface area contributed by atoms with E-state index in [4.69, 9.17) is 1.41 Å². The van der Waals surface area contributed by atoms with Crippen molar-refractivity contribution in [3.05, 3.63) is 5.92 Å². The topological polar surface area (TPSA) is 55.1 Å². The van der Waals surface area contributed by atoms with E-state index in [-0.39, 0.29) is 64.1 Å². The Balaban J connectivity index is 0.000001000. The van der Waals surface area contributed by atoms with Crippen molar-refractivity contribution in [1.29, 1.82) is 0 Å². The summed E-state index contributed by atoms with van der Waals surface area (Å²) in [5.41, 5.74) is 1.88. The summed E-state index contributed by atoms with van der Waals surface area (Å²) in [6.07, 6.45) is 1.56. The molecular weight excluding hydrogens is 202 g/mol. The zero-order chi connectivity index (χ0) is 7.40. The van der Waals surface area contributed by atoms with Crippen LogP contribution in [0.1, 0.15) is 12.8 Å². The van der Waals surface area contributed by atoms with E-state index >= 15 is 0 Å². The molecule has 0 saturated carbocycles. The fourth-order valence-corrected chi connectivity index (χ4v) is 0.956. The van der Waals surface area contributed by atoms with Gasteiger partial charge >= 0.3 is 58.2 Å². The number of nitrogens with one attached hydrogen (secondary N) is 1. The van der Waals surface area contributed by atoms with Gasteiger partial charge in [-0.05, 0) is 13.1 Å². The van der Waals surface area contributed by atoms with Crippen LogP contribution in [-0.2, 0) is 4.79 Å². The molecule has 3 nitrogen and oxygen atoms in total. The summed E-state index contributed by atoms with van der Waals surface area (Å²) in [5.74, 6) is 0.621. The molecule has 0 aromatic carbocycles. The van der Waals surface area contributed by atoms with Gasteiger partial charge in [0.05, 0.1) is 5.91 Å². The molecular formula is C6H11N2ORb. The summed E-state index contributed by atoms with van der Waals surface area (Å²) in [6.45, 7) is 1.73. The first-order chi connectivity index (χ1) is 4.84. The molecule has 4 heteroatoms. The molecule has 0 atom stereocenters. The van der Waals surface area contributed by atoms with E-state index in [0.29, 0.717) is 0 Å². The van der Waals surface area contributed by atoms with Gasteiger partial charge in [-0.3, -0.25) is 5.92 Å². The summed E-state index contributed by atoms with van der Waals surface area (Å²) in [6, 6.07) is 0. The summed E-state index contributed by atoms with van der Waals surface area (Å²) in [5, 5.41) is 3.13. The van der Waals surface area contributed by atoms with Crippen molar-refractivity contribution in [2.75, 3.05) is 13.1 Å². The Hall–Kier alpha value is 1.11. The molecule has 10 heavy (non-hydrogen) atoms. The Kier molecular flexibility index (Phi) is 5.26. The molecule has 0 aromatic heterocycles. The largest absolute Gasteiger partial charge is 1.00 e. The van der Waals surface area contributed by atoms with Crippen LogP contribution < -0.4 is 69.2 Å². The number of rotatable bonds is 1. The molecule has 1 aliphatic rings. The maximum absolute atomic E-state index is 10.8. The Morgan fingerprint density at radius 2 is 2.20 bits per heavy atom. The smallest absolute Gasteiger partial charge is 0.394 e. The second-order valence-electron chi connectivity index (χ2n) is 2.18. The second-order valence-corrected chi connectivity index (χ2v) is 2.18. The third-order valence-electron chi connectivity index (χ3n) is 1.53. The molecule has 0 aromatic rings. The number of carbonyl (C=O) groups is 1. The van der Waals surface area contributed by atoms with E-state index in [1.54, 1.807) is 0 Å². The zero-order valence-electron chi connectivity index (χ0n) is 7.24. The van der Waals surface area contributed by atoms with Crippen LogP contribution in [0.15, 0.2) is 0 Å². The van der Waals surface area contributed by atoms with Crippen molar-refractivity contribution >= 4 is 5.91 Å². The van der Waals surface area contributed by atoms with Gasteiger partial charge in [0.2, 0.25) is 0 Å². The van der Waals surface area contributed by atoms with Gasteiger partial charge in [-0.25, -0.2) is 0 Å². The zero-order valence-corrected chi connectivity index (χ0v) is 11.2. The number of nitrogens with two attached hydrogens (primary N) is 1. The third-order valence-corrected chi connectivity index (χ3v) is 1.53. The number of primary amides is 1. The van der Waals surface area contributed by atoms with Crippen molar-refractivity contribution < 1.29 is 64.4 Å². The van der Waals surface area contributed by atoms with Crippen molar-refractivity contribution in [3.63, 3.8) is 0 Å². The van der Waals surface area contributed by atoms with Crippen LogP contribution in [0.2, 0.25) is 1.41 Å². The van der Waals surface area contributed by atoms with E-state index in [1.807, 2.05) is 5.73 Å². The molecule has 0 bridgehead atoms. The molecule has 0 unspecified atom stereocenters. The molecule has 52 valence electrons. The van der Waals surface area contributed by atoms with Crippen LogP contribution in [-0.4, -0.2) is 19.0 Å². The van der Waals surface area contributed by atoms with Crippen LogP contribution in [0.5, 0.6) is 0 Å². The number of hydrogen-bond acceptors (Lipinski definition) is 2. The van der Waals surface area contributed by atoms with Crippen LogP contribution >= 0.6 is 0 Å². The number of amides is 1. The van der Waals surface area contributed by atoms with Crippen LogP contribution in [0.4, 0.5) is 0 Å². The first kappa shape index (κ1) is 9.20. The van der Waals surface area contributed by atoms with E-state index < -0.39 is 0 Å². The van der Waals surface area contributed by atoms with E-state index in [2.05, 4.69) is 5.32 Å². The predicted molar refractivity (Wildman–Crippen MR) is 34.5 cm³/mol. The van der Waals surface area contributed by atoms with Crippen LogP contribution in [0.25, 0.3) is 0 Å². The standard InChI is InChI=1S/C6H11N2O.Rb/c7-6(9)5-1-3-8-4-2-5;/h8H,1-4H2,(H2,7,9);/q-1;+1/i/hT. The van der Waals surface area contributed by atoms with E-state index in [0.717, 1.165) is 31.8 Å². The quantitative estimate of drug-likeness (QED) is 0.444. The Bertz CT molecular complexity index is 128. The first-order valence-corrected chi connectivity index (χ1v) is 3.12. The molecule has 1 heterocycles. The molecule has 1 saturated heterocycles. The molecule has 1 fully saturated rings. The van der Waals surface area contributed by atoms with Gasteiger partial charge in [0.25, 0.3) is 0 Å². The maximum atomic E-state index is 10.8. The second kappa shape index (κ2) is 5.72. The van der Waals surface area contributed by atoms with Crippen LogP contribution in [0.3, 0.4) is 0 Å². The summed E-state index contributed by atoms with van der Waals surface area (Å²) in [7, 11) is 0. The van der Waals surface area contributed by atoms with E-state index in [9.17, 15) is 4.79 Å². The van der Waals surface area contributed by atoms with Gasteiger partial charge in [-0.2, -0.15) is 0 Å². The van der Waals surface area contributed by atoms with E-state index in [1.165, 1.54) is 0 Å². The minimum Gasteiger partial charge on any atom is -0.394 e. The van der Waals surface area contributed by atoms with Gasteiger partial charge in [-0.15, -0.1) is 12.8 Å². The average molecular weight is 215 g/mol. The Morgan fingerprint density at radius 1 is 1.60 bits per heavy atom. The van der Waals surface area contributed by atoms with Gasteiger partial charge in [0, 0.05) is 0 Å². The fraction of sp³-hybridized carbons (Fsp3) is 0.667. The normalized spacial score (nSPS) is 18.8. The molecule has 1 aliphatic heterocycles.